The van der Waals surface area contributed by atoms with Crippen molar-refractivity contribution in [2.45, 2.75) is 84.4 Å². The SMILES string of the molecule is COCCCOc1cc(CC(CC(N=[N+]=[N-])C(O)CC(C(=O)NC2CCN(C(=O)O)CC2)C(C)C)C(C)C)ccc1OC. The van der Waals surface area contributed by atoms with Crippen molar-refractivity contribution in [2.75, 3.05) is 40.5 Å². The van der Waals surface area contributed by atoms with E-state index in [0.29, 0.717) is 63.5 Å². The molecule has 1 aliphatic rings. The van der Waals surface area contributed by atoms with Crippen molar-refractivity contribution in [3.8, 4) is 11.5 Å². The highest BCUT2D eigenvalue weighted by molar-refractivity contribution is 5.79. The minimum Gasteiger partial charge on any atom is -0.493 e. The number of nitrogens with zero attached hydrogens (tertiary/aromatic N) is 4. The Kier molecular flexibility index (Phi) is 15.4. The molecule has 1 aromatic rings. The number of aliphatic hydroxyl groups is 1. The molecular formula is C31H51N5O7. The highest BCUT2D eigenvalue weighted by Crippen LogP contribution is 2.32. The van der Waals surface area contributed by atoms with Crippen LogP contribution in [0.2, 0.25) is 0 Å². The van der Waals surface area contributed by atoms with E-state index in [9.17, 15) is 25.3 Å². The summed E-state index contributed by atoms with van der Waals surface area (Å²) < 4.78 is 16.5. The molecule has 0 radical (unpaired) electrons. The molecule has 1 fully saturated rings. The fraction of sp³-hybridized carbons (Fsp3) is 0.742. The number of carbonyl (C=O) groups excluding carboxylic acids is 1. The second kappa shape index (κ2) is 18.5. The van der Waals surface area contributed by atoms with Gasteiger partial charge in [-0.3, -0.25) is 4.79 Å². The predicted octanol–water partition coefficient (Wildman–Crippen LogP) is 5.28. The lowest BCUT2D eigenvalue weighted by atomic mass is 9.80. The van der Waals surface area contributed by atoms with Gasteiger partial charge in [-0.25, -0.2) is 4.79 Å². The van der Waals surface area contributed by atoms with Crippen LogP contribution in [0.5, 0.6) is 11.5 Å². The zero-order valence-electron chi connectivity index (χ0n) is 26.6. The van der Waals surface area contributed by atoms with E-state index in [1.807, 2.05) is 32.0 Å². The van der Waals surface area contributed by atoms with E-state index in [0.717, 1.165) is 12.0 Å². The smallest absolute Gasteiger partial charge is 0.407 e. The fourth-order valence-electron chi connectivity index (χ4n) is 5.52. The second-order valence-corrected chi connectivity index (χ2v) is 12.1. The first-order valence-electron chi connectivity index (χ1n) is 15.3. The van der Waals surface area contributed by atoms with Crippen LogP contribution < -0.4 is 14.8 Å². The summed E-state index contributed by atoms with van der Waals surface area (Å²) in [5.41, 5.74) is 10.4. The third-order valence-corrected chi connectivity index (χ3v) is 8.36. The van der Waals surface area contributed by atoms with E-state index >= 15 is 0 Å². The third kappa shape index (κ3) is 11.8. The number of methoxy groups -OCH3 is 2. The molecule has 0 spiro atoms. The van der Waals surface area contributed by atoms with E-state index < -0.39 is 24.2 Å². The normalized spacial score (nSPS) is 16.7. The number of piperidine rings is 1. The quantitative estimate of drug-likeness (QED) is 0.0886. The number of aliphatic hydroxyl groups excluding tert-OH is 1. The van der Waals surface area contributed by atoms with Gasteiger partial charge in [0, 0.05) is 50.1 Å². The molecule has 0 saturated carbocycles. The molecule has 3 N–H and O–H groups in total. The van der Waals surface area contributed by atoms with Crippen LogP contribution in [0, 0.1) is 23.7 Å². The number of nitrogens with one attached hydrogen (secondary N) is 1. The van der Waals surface area contributed by atoms with E-state index in [1.165, 1.54) is 4.90 Å². The zero-order valence-corrected chi connectivity index (χ0v) is 26.6. The van der Waals surface area contributed by atoms with Crippen molar-refractivity contribution in [3.63, 3.8) is 0 Å². The predicted molar refractivity (Wildman–Crippen MR) is 164 cm³/mol. The molecule has 2 amide bonds. The monoisotopic (exact) mass is 605 g/mol. The lowest BCUT2D eigenvalue weighted by Crippen LogP contribution is -2.48. The van der Waals surface area contributed by atoms with Gasteiger partial charge in [-0.05, 0) is 73.1 Å². The van der Waals surface area contributed by atoms with Gasteiger partial charge in [0.25, 0.3) is 0 Å². The molecular weight excluding hydrogens is 554 g/mol. The van der Waals surface area contributed by atoms with Crippen LogP contribution in [-0.4, -0.2) is 85.8 Å². The van der Waals surface area contributed by atoms with Gasteiger partial charge in [-0.2, -0.15) is 0 Å². The van der Waals surface area contributed by atoms with E-state index in [2.05, 4.69) is 29.2 Å². The largest absolute Gasteiger partial charge is 0.493 e. The molecule has 1 aromatic carbocycles. The van der Waals surface area contributed by atoms with Gasteiger partial charge in [-0.15, -0.1) is 0 Å². The van der Waals surface area contributed by atoms with Gasteiger partial charge in [0.15, 0.2) is 11.5 Å². The van der Waals surface area contributed by atoms with E-state index in [-0.39, 0.29) is 36.1 Å². The first-order valence-corrected chi connectivity index (χ1v) is 15.3. The summed E-state index contributed by atoms with van der Waals surface area (Å²) in [5.74, 6) is 0.922. The number of ether oxygens (including phenoxy) is 3. The molecule has 2 rings (SSSR count). The summed E-state index contributed by atoms with van der Waals surface area (Å²) in [6, 6.07) is 5.04. The van der Waals surface area contributed by atoms with Crippen LogP contribution in [-0.2, 0) is 16.0 Å². The Labute approximate surface area is 255 Å². The number of hydrogen-bond acceptors (Lipinski definition) is 7. The molecule has 12 nitrogen and oxygen atoms in total. The van der Waals surface area contributed by atoms with Crippen LogP contribution >= 0.6 is 0 Å². The summed E-state index contributed by atoms with van der Waals surface area (Å²) in [6.07, 6.45) is 1.21. The molecule has 43 heavy (non-hydrogen) atoms. The minimum atomic E-state index is -1.00. The zero-order chi connectivity index (χ0) is 31.9. The molecule has 0 bridgehead atoms. The highest BCUT2D eigenvalue weighted by atomic mass is 16.5. The summed E-state index contributed by atoms with van der Waals surface area (Å²) in [5, 5.41) is 27.5. The van der Waals surface area contributed by atoms with E-state index in [4.69, 9.17) is 14.2 Å². The average Bonchev–Trinajstić information content (AvgIpc) is 2.97. The summed E-state index contributed by atoms with van der Waals surface area (Å²) in [7, 11) is 3.26. The molecule has 1 aliphatic heterocycles. The second-order valence-electron chi connectivity index (χ2n) is 12.1. The van der Waals surface area contributed by atoms with Gasteiger partial charge < -0.3 is 34.6 Å². The average molecular weight is 606 g/mol. The molecule has 4 unspecified atom stereocenters. The molecule has 0 aromatic heterocycles. The van der Waals surface area contributed by atoms with E-state index in [1.54, 1.807) is 14.2 Å². The molecule has 12 heteroatoms. The van der Waals surface area contributed by atoms with Crippen molar-refractivity contribution in [1.82, 2.24) is 10.2 Å². The van der Waals surface area contributed by atoms with Crippen molar-refractivity contribution in [2.24, 2.45) is 28.8 Å². The number of hydrogen-bond donors (Lipinski definition) is 3. The van der Waals surface area contributed by atoms with Crippen LogP contribution in [0.4, 0.5) is 4.79 Å². The van der Waals surface area contributed by atoms with Crippen molar-refractivity contribution >= 4 is 12.0 Å². The number of benzene rings is 1. The summed E-state index contributed by atoms with van der Waals surface area (Å²) >= 11 is 0. The molecule has 4 atom stereocenters. The van der Waals surface area contributed by atoms with Crippen molar-refractivity contribution in [3.05, 3.63) is 34.2 Å². The number of amides is 2. The number of likely N-dealkylation sites (tertiary alicyclic amines) is 1. The lowest BCUT2D eigenvalue weighted by Gasteiger charge is -2.33. The fourth-order valence-corrected chi connectivity index (χ4v) is 5.52. The van der Waals surface area contributed by atoms with Crippen molar-refractivity contribution < 1.29 is 34.0 Å². The van der Waals surface area contributed by atoms with Gasteiger partial charge in [0.1, 0.15) is 0 Å². The van der Waals surface area contributed by atoms with Crippen LogP contribution in [0.3, 0.4) is 0 Å². The lowest BCUT2D eigenvalue weighted by molar-refractivity contribution is -0.128. The Morgan fingerprint density at radius 3 is 2.35 bits per heavy atom. The van der Waals surface area contributed by atoms with Crippen LogP contribution in [0.25, 0.3) is 10.4 Å². The Bertz CT molecular complexity index is 1050. The standard InChI is InChI=1S/C31H51N5O7/c1-20(2)23(16-22-8-9-28(42-6)29(17-22)43-15-7-14-41-5)18-26(34-35-32)27(37)19-25(21(3)4)30(38)33-24-10-12-36(13-11-24)31(39)40/h8-9,17,20-21,23-27,37H,7,10-16,18-19H2,1-6H3,(H,33,38)(H,39,40). The molecule has 242 valence electrons. The Balaban J connectivity index is 2.10. The summed E-state index contributed by atoms with van der Waals surface area (Å²) in [6.45, 7) is 9.93. The van der Waals surface area contributed by atoms with Crippen LogP contribution in [0.1, 0.15) is 65.4 Å². The number of carbonyl (C=O) groups is 2. The first-order chi connectivity index (χ1) is 20.5. The third-order valence-electron chi connectivity index (χ3n) is 8.36. The maximum atomic E-state index is 13.3. The van der Waals surface area contributed by atoms with Gasteiger partial charge >= 0.3 is 6.09 Å². The molecule has 1 heterocycles. The highest BCUT2D eigenvalue weighted by Gasteiger charge is 2.33. The summed E-state index contributed by atoms with van der Waals surface area (Å²) in [4.78, 5) is 28.9. The van der Waals surface area contributed by atoms with Gasteiger partial charge in [0.2, 0.25) is 5.91 Å². The first kappa shape index (κ1) is 36.0. The van der Waals surface area contributed by atoms with Crippen LogP contribution in [0.15, 0.2) is 23.3 Å². The van der Waals surface area contributed by atoms with Gasteiger partial charge in [-0.1, -0.05) is 38.9 Å². The maximum absolute atomic E-state index is 13.3. The number of rotatable bonds is 18. The Morgan fingerprint density at radius 1 is 1.09 bits per heavy atom. The molecule has 1 saturated heterocycles. The maximum Gasteiger partial charge on any atom is 0.407 e. The number of azide groups is 1. The van der Waals surface area contributed by atoms with Crippen molar-refractivity contribution in [1.29, 1.82) is 0 Å². The van der Waals surface area contributed by atoms with Gasteiger partial charge in [0.05, 0.1) is 25.9 Å². The Hall–Kier alpha value is -3.21. The number of carboxylic acid groups (broad SMARTS) is 1. The topological polar surface area (TPSA) is 166 Å². The minimum absolute atomic E-state index is 0.0528. The Morgan fingerprint density at radius 2 is 1.79 bits per heavy atom. The molecule has 0 aliphatic carbocycles.